The van der Waals surface area contributed by atoms with Crippen molar-refractivity contribution in [1.29, 1.82) is 0 Å². The van der Waals surface area contributed by atoms with E-state index < -0.39 is 0 Å². The van der Waals surface area contributed by atoms with Crippen LogP contribution in [0.1, 0.15) is 53.4 Å². The molecule has 4 atom stereocenters. The molecular formula is C13H24N2O. The third kappa shape index (κ3) is 1.75. The number of hydrogen-bond donors (Lipinski definition) is 1. The lowest BCUT2D eigenvalue weighted by molar-refractivity contribution is -0.133. The molecule has 1 heterocycles. The molecule has 92 valence electrons. The van der Waals surface area contributed by atoms with Crippen LogP contribution in [-0.2, 0) is 4.79 Å². The van der Waals surface area contributed by atoms with Crippen LogP contribution < -0.4 is 5.32 Å². The monoisotopic (exact) mass is 224 g/mol. The van der Waals surface area contributed by atoms with Crippen LogP contribution >= 0.6 is 0 Å². The van der Waals surface area contributed by atoms with Gasteiger partial charge in [-0.1, -0.05) is 27.2 Å². The van der Waals surface area contributed by atoms with Gasteiger partial charge in [0.05, 0.1) is 11.7 Å². The van der Waals surface area contributed by atoms with E-state index in [-0.39, 0.29) is 11.7 Å². The minimum Gasteiger partial charge on any atom is -0.322 e. The molecule has 16 heavy (non-hydrogen) atoms. The lowest BCUT2D eigenvalue weighted by Gasteiger charge is -2.24. The molecule has 1 amide bonds. The topological polar surface area (TPSA) is 32.3 Å². The highest BCUT2D eigenvalue weighted by Crippen LogP contribution is 2.40. The number of amides is 1. The molecule has 2 aliphatic rings. The Morgan fingerprint density at radius 2 is 2.12 bits per heavy atom. The molecule has 3 nitrogen and oxygen atoms in total. The third-order valence-electron chi connectivity index (χ3n) is 4.22. The quantitative estimate of drug-likeness (QED) is 0.793. The Labute approximate surface area is 98.6 Å². The lowest BCUT2D eigenvalue weighted by Crippen LogP contribution is -2.43. The molecule has 0 aromatic rings. The van der Waals surface area contributed by atoms with E-state index in [9.17, 15) is 4.79 Å². The zero-order chi connectivity index (χ0) is 11.9. The maximum Gasteiger partial charge on any atom is 0.244 e. The Balaban J connectivity index is 2.16. The second kappa shape index (κ2) is 4.02. The maximum absolute atomic E-state index is 12.4. The Kier molecular flexibility index (Phi) is 2.99. The van der Waals surface area contributed by atoms with Gasteiger partial charge in [-0.05, 0) is 32.1 Å². The van der Waals surface area contributed by atoms with Crippen LogP contribution in [0.4, 0.5) is 0 Å². The predicted molar refractivity (Wildman–Crippen MR) is 64.9 cm³/mol. The predicted octanol–water partition coefficient (Wildman–Crippen LogP) is 2.12. The number of nitrogens with one attached hydrogen (secondary N) is 1. The summed E-state index contributed by atoms with van der Waals surface area (Å²) in [6.45, 7) is 8.56. The van der Waals surface area contributed by atoms with Crippen molar-refractivity contribution in [3.63, 3.8) is 0 Å². The molecule has 0 aromatic carbocycles. The molecule has 3 heteroatoms. The maximum atomic E-state index is 12.4. The van der Waals surface area contributed by atoms with Crippen LogP contribution in [0.25, 0.3) is 0 Å². The zero-order valence-corrected chi connectivity index (χ0v) is 10.9. The average molecular weight is 224 g/mol. The van der Waals surface area contributed by atoms with E-state index in [1.54, 1.807) is 0 Å². The SMILES string of the molecule is CCCC1NC(C)(CC)C(=O)N1C1CC1C. The zero-order valence-electron chi connectivity index (χ0n) is 10.9. The molecule has 1 aliphatic carbocycles. The van der Waals surface area contributed by atoms with Crippen molar-refractivity contribution in [3.05, 3.63) is 0 Å². The number of carbonyl (C=O) groups is 1. The number of hydrogen-bond acceptors (Lipinski definition) is 2. The minimum atomic E-state index is -0.317. The molecule has 1 saturated heterocycles. The molecule has 2 fully saturated rings. The molecule has 0 aromatic heterocycles. The highest BCUT2D eigenvalue weighted by atomic mass is 16.2. The summed E-state index contributed by atoms with van der Waals surface area (Å²) < 4.78 is 0. The van der Waals surface area contributed by atoms with Gasteiger partial charge in [-0.25, -0.2) is 0 Å². The Hall–Kier alpha value is -0.570. The molecule has 4 unspecified atom stereocenters. The van der Waals surface area contributed by atoms with E-state index in [1.807, 2.05) is 6.92 Å². The van der Waals surface area contributed by atoms with Crippen LogP contribution in [0.15, 0.2) is 0 Å². The Morgan fingerprint density at radius 3 is 2.56 bits per heavy atom. The van der Waals surface area contributed by atoms with Crippen molar-refractivity contribution in [2.45, 2.75) is 71.1 Å². The van der Waals surface area contributed by atoms with Crippen molar-refractivity contribution in [3.8, 4) is 0 Å². The highest BCUT2D eigenvalue weighted by Gasteiger charge is 2.53. The molecule has 1 saturated carbocycles. The van der Waals surface area contributed by atoms with Gasteiger partial charge in [0.2, 0.25) is 5.91 Å². The second-order valence-electron chi connectivity index (χ2n) is 5.63. The number of carbonyl (C=O) groups excluding carboxylic acids is 1. The summed E-state index contributed by atoms with van der Waals surface area (Å²) >= 11 is 0. The standard InChI is InChI=1S/C13H24N2O/c1-5-7-11-14-13(4,6-2)12(16)15(11)10-8-9(10)3/h9-11,14H,5-8H2,1-4H3. The van der Waals surface area contributed by atoms with Gasteiger partial charge >= 0.3 is 0 Å². The fourth-order valence-electron chi connectivity index (χ4n) is 2.74. The van der Waals surface area contributed by atoms with Crippen LogP contribution in [0.2, 0.25) is 0 Å². The molecular weight excluding hydrogens is 200 g/mol. The van der Waals surface area contributed by atoms with Crippen LogP contribution in [-0.4, -0.2) is 28.6 Å². The van der Waals surface area contributed by atoms with Crippen molar-refractivity contribution >= 4 is 5.91 Å². The van der Waals surface area contributed by atoms with Crippen molar-refractivity contribution in [1.82, 2.24) is 10.2 Å². The fraction of sp³-hybridized carbons (Fsp3) is 0.923. The van der Waals surface area contributed by atoms with Crippen LogP contribution in [0, 0.1) is 5.92 Å². The number of rotatable bonds is 4. The minimum absolute atomic E-state index is 0.275. The van der Waals surface area contributed by atoms with Gasteiger partial charge in [-0.2, -0.15) is 0 Å². The summed E-state index contributed by atoms with van der Waals surface area (Å²) in [7, 11) is 0. The fourth-order valence-corrected chi connectivity index (χ4v) is 2.74. The first-order valence-electron chi connectivity index (χ1n) is 6.64. The summed E-state index contributed by atoms with van der Waals surface area (Å²) in [5.41, 5.74) is -0.317. The summed E-state index contributed by atoms with van der Waals surface area (Å²) in [5.74, 6) is 1.02. The molecule has 0 bridgehead atoms. The smallest absolute Gasteiger partial charge is 0.244 e. The summed E-state index contributed by atoms with van der Waals surface area (Å²) in [4.78, 5) is 14.6. The van der Waals surface area contributed by atoms with Crippen LogP contribution in [0.3, 0.4) is 0 Å². The molecule has 2 rings (SSSR count). The molecule has 1 N–H and O–H groups in total. The van der Waals surface area contributed by atoms with Gasteiger partial charge in [-0.15, -0.1) is 0 Å². The largest absolute Gasteiger partial charge is 0.322 e. The van der Waals surface area contributed by atoms with Gasteiger partial charge in [0.15, 0.2) is 0 Å². The summed E-state index contributed by atoms with van der Waals surface area (Å²) in [6, 6.07) is 0.505. The highest BCUT2D eigenvalue weighted by molar-refractivity contribution is 5.89. The Morgan fingerprint density at radius 1 is 1.50 bits per heavy atom. The van der Waals surface area contributed by atoms with Gasteiger partial charge in [0.25, 0.3) is 0 Å². The lowest BCUT2D eigenvalue weighted by atomic mass is 9.99. The second-order valence-corrected chi connectivity index (χ2v) is 5.63. The molecule has 0 radical (unpaired) electrons. The van der Waals surface area contributed by atoms with E-state index in [1.165, 1.54) is 6.42 Å². The van der Waals surface area contributed by atoms with Crippen molar-refractivity contribution in [2.24, 2.45) is 5.92 Å². The van der Waals surface area contributed by atoms with Gasteiger partial charge in [0.1, 0.15) is 0 Å². The van der Waals surface area contributed by atoms with E-state index in [2.05, 4.69) is 31.0 Å². The van der Waals surface area contributed by atoms with Gasteiger partial charge in [-0.3, -0.25) is 10.1 Å². The summed E-state index contributed by atoms with van der Waals surface area (Å²) in [6.07, 6.45) is 4.54. The van der Waals surface area contributed by atoms with Crippen LogP contribution in [0.5, 0.6) is 0 Å². The van der Waals surface area contributed by atoms with E-state index >= 15 is 0 Å². The third-order valence-corrected chi connectivity index (χ3v) is 4.22. The van der Waals surface area contributed by atoms with E-state index in [4.69, 9.17) is 0 Å². The normalized spacial score (nSPS) is 42.9. The molecule has 0 spiro atoms. The Bertz CT molecular complexity index is 292. The average Bonchev–Trinajstić information content (AvgIpc) is 2.89. The van der Waals surface area contributed by atoms with E-state index in [0.29, 0.717) is 17.9 Å². The first kappa shape index (κ1) is 11.9. The van der Waals surface area contributed by atoms with Crippen molar-refractivity contribution < 1.29 is 4.79 Å². The van der Waals surface area contributed by atoms with Gasteiger partial charge in [0, 0.05) is 6.04 Å². The first-order valence-corrected chi connectivity index (χ1v) is 6.64. The summed E-state index contributed by atoms with van der Waals surface area (Å²) in [5, 5.41) is 3.54. The van der Waals surface area contributed by atoms with Crippen molar-refractivity contribution in [2.75, 3.05) is 0 Å². The van der Waals surface area contributed by atoms with Gasteiger partial charge < -0.3 is 4.90 Å². The number of nitrogens with zero attached hydrogens (tertiary/aromatic N) is 1. The van der Waals surface area contributed by atoms with E-state index in [0.717, 1.165) is 19.3 Å². The molecule has 1 aliphatic heterocycles. The first-order chi connectivity index (χ1) is 7.53.